The average Bonchev–Trinajstić information content (AvgIpc) is 2.76. The fourth-order valence-electron chi connectivity index (χ4n) is 2.24. The molecule has 1 atom stereocenters. The average molecular weight is 298 g/mol. The first kappa shape index (κ1) is 12.6. The molecule has 0 aliphatic carbocycles. The maximum atomic E-state index is 12.3. The van der Waals surface area contributed by atoms with Crippen molar-refractivity contribution in [2.45, 2.75) is 25.8 Å². The molecule has 0 spiro atoms. The Balaban J connectivity index is 2.24. The molecule has 0 aromatic heterocycles. The molecule has 1 aromatic carbocycles. The molecule has 3 nitrogen and oxygen atoms in total. The van der Waals surface area contributed by atoms with E-state index in [4.69, 9.17) is 0 Å². The molecule has 1 heterocycles. The highest BCUT2D eigenvalue weighted by molar-refractivity contribution is 9.10. The predicted octanol–water partition coefficient (Wildman–Crippen LogP) is 2.35. The lowest BCUT2D eigenvalue weighted by molar-refractivity contribution is 0.0676. The zero-order chi connectivity index (χ0) is 12.4. The number of hydrogen-bond donors (Lipinski definition) is 1. The molecule has 1 saturated heterocycles. The van der Waals surface area contributed by atoms with E-state index in [2.05, 4.69) is 15.9 Å². The summed E-state index contributed by atoms with van der Waals surface area (Å²) in [4.78, 5) is 14.1. The van der Waals surface area contributed by atoms with Gasteiger partial charge < -0.3 is 10.0 Å². The minimum Gasteiger partial charge on any atom is -0.394 e. The number of likely N-dealkylation sites (tertiary alicyclic amines) is 1. The van der Waals surface area contributed by atoms with Gasteiger partial charge in [0.25, 0.3) is 5.91 Å². The number of aliphatic hydroxyl groups excluding tert-OH is 1. The van der Waals surface area contributed by atoms with Crippen LogP contribution in [0.2, 0.25) is 0 Å². The largest absolute Gasteiger partial charge is 0.394 e. The quantitative estimate of drug-likeness (QED) is 0.910. The van der Waals surface area contributed by atoms with Crippen molar-refractivity contribution in [3.05, 3.63) is 33.8 Å². The van der Waals surface area contributed by atoms with Crippen LogP contribution in [0.4, 0.5) is 0 Å². The Bertz CT molecular complexity index is 433. The van der Waals surface area contributed by atoms with Crippen LogP contribution >= 0.6 is 15.9 Å². The smallest absolute Gasteiger partial charge is 0.255 e. The molecule has 2 rings (SSSR count). The SMILES string of the molecule is Cc1ccc(C(=O)N2CCCC2CO)c(Br)c1. The molecular weight excluding hydrogens is 282 g/mol. The summed E-state index contributed by atoms with van der Waals surface area (Å²) in [6.07, 6.45) is 1.87. The molecule has 4 heteroatoms. The van der Waals surface area contributed by atoms with E-state index >= 15 is 0 Å². The van der Waals surface area contributed by atoms with Gasteiger partial charge in [-0.15, -0.1) is 0 Å². The molecule has 1 aliphatic heterocycles. The number of aliphatic hydroxyl groups is 1. The first-order chi connectivity index (χ1) is 8.13. The molecule has 1 aliphatic rings. The molecule has 0 saturated carbocycles. The van der Waals surface area contributed by atoms with Gasteiger partial charge in [0.05, 0.1) is 18.2 Å². The maximum Gasteiger partial charge on any atom is 0.255 e. The third kappa shape index (κ3) is 2.53. The van der Waals surface area contributed by atoms with Gasteiger partial charge in [0.1, 0.15) is 0 Å². The van der Waals surface area contributed by atoms with Gasteiger partial charge in [0.2, 0.25) is 0 Å². The van der Waals surface area contributed by atoms with Crippen LogP contribution in [0.25, 0.3) is 0 Å². The summed E-state index contributed by atoms with van der Waals surface area (Å²) >= 11 is 3.43. The van der Waals surface area contributed by atoms with Crippen molar-refractivity contribution in [2.75, 3.05) is 13.2 Å². The number of nitrogens with zero attached hydrogens (tertiary/aromatic N) is 1. The minimum atomic E-state index is -0.0179. The van der Waals surface area contributed by atoms with Crippen LogP contribution in [0.15, 0.2) is 22.7 Å². The number of halogens is 1. The van der Waals surface area contributed by atoms with Gasteiger partial charge in [0, 0.05) is 11.0 Å². The first-order valence-corrected chi connectivity index (χ1v) is 6.60. The summed E-state index contributed by atoms with van der Waals surface area (Å²) in [5.41, 5.74) is 1.80. The Morgan fingerprint density at radius 1 is 1.59 bits per heavy atom. The highest BCUT2D eigenvalue weighted by atomic mass is 79.9. The number of carbonyl (C=O) groups is 1. The molecule has 0 bridgehead atoms. The minimum absolute atomic E-state index is 0.00780. The first-order valence-electron chi connectivity index (χ1n) is 5.81. The van der Waals surface area contributed by atoms with Crippen molar-refractivity contribution >= 4 is 21.8 Å². The lowest BCUT2D eigenvalue weighted by atomic mass is 10.1. The topological polar surface area (TPSA) is 40.5 Å². The maximum absolute atomic E-state index is 12.3. The molecule has 1 aromatic rings. The highest BCUT2D eigenvalue weighted by Gasteiger charge is 2.29. The highest BCUT2D eigenvalue weighted by Crippen LogP contribution is 2.24. The van der Waals surface area contributed by atoms with E-state index in [1.807, 2.05) is 25.1 Å². The van der Waals surface area contributed by atoms with Gasteiger partial charge in [-0.1, -0.05) is 6.07 Å². The van der Waals surface area contributed by atoms with Gasteiger partial charge in [-0.05, 0) is 53.4 Å². The van der Waals surface area contributed by atoms with Crippen LogP contribution in [0.5, 0.6) is 0 Å². The normalized spacial score (nSPS) is 19.7. The van der Waals surface area contributed by atoms with Crippen LogP contribution in [0.1, 0.15) is 28.8 Å². The third-order valence-corrected chi connectivity index (χ3v) is 3.86. The van der Waals surface area contributed by atoms with Crippen LogP contribution in [0.3, 0.4) is 0 Å². The second-order valence-electron chi connectivity index (χ2n) is 4.46. The molecule has 92 valence electrons. The lowest BCUT2D eigenvalue weighted by Crippen LogP contribution is -2.37. The molecule has 1 unspecified atom stereocenters. The van der Waals surface area contributed by atoms with Crippen LogP contribution in [0, 0.1) is 6.92 Å². The summed E-state index contributed by atoms with van der Waals surface area (Å²) in [6.45, 7) is 2.78. The van der Waals surface area contributed by atoms with E-state index in [1.54, 1.807) is 4.90 Å². The molecule has 17 heavy (non-hydrogen) atoms. The van der Waals surface area contributed by atoms with E-state index in [0.29, 0.717) is 5.56 Å². The van der Waals surface area contributed by atoms with Crippen LogP contribution in [-0.4, -0.2) is 35.1 Å². The van der Waals surface area contributed by atoms with Crippen molar-refractivity contribution in [1.82, 2.24) is 4.90 Å². The third-order valence-electron chi connectivity index (χ3n) is 3.20. The molecule has 0 radical (unpaired) electrons. The van der Waals surface area contributed by atoms with Crippen molar-refractivity contribution in [2.24, 2.45) is 0 Å². The number of carbonyl (C=O) groups excluding carboxylic acids is 1. The molecule has 1 amide bonds. The lowest BCUT2D eigenvalue weighted by Gasteiger charge is -2.23. The van der Waals surface area contributed by atoms with Crippen molar-refractivity contribution in [1.29, 1.82) is 0 Å². The van der Waals surface area contributed by atoms with E-state index in [1.165, 1.54) is 0 Å². The number of hydrogen-bond acceptors (Lipinski definition) is 2. The number of rotatable bonds is 2. The van der Waals surface area contributed by atoms with Gasteiger partial charge in [-0.25, -0.2) is 0 Å². The molecular formula is C13H16BrNO2. The van der Waals surface area contributed by atoms with Crippen LogP contribution in [-0.2, 0) is 0 Å². The Labute approximate surface area is 110 Å². The van der Waals surface area contributed by atoms with Gasteiger partial charge in [-0.2, -0.15) is 0 Å². The Kier molecular flexibility index (Phi) is 3.84. The summed E-state index contributed by atoms with van der Waals surface area (Å²) in [5, 5.41) is 9.24. The van der Waals surface area contributed by atoms with Crippen molar-refractivity contribution < 1.29 is 9.90 Å². The fourth-order valence-corrected chi connectivity index (χ4v) is 2.90. The second kappa shape index (κ2) is 5.19. The Hall–Kier alpha value is -0.870. The Morgan fingerprint density at radius 2 is 2.35 bits per heavy atom. The van der Waals surface area contributed by atoms with E-state index < -0.39 is 0 Å². The zero-order valence-electron chi connectivity index (χ0n) is 9.82. The van der Waals surface area contributed by atoms with E-state index in [0.717, 1.165) is 29.4 Å². The zero-order valence-corrected chi connectivity index (χ0v) is 11.4. The summed E-state index contributed by atoms with van der Waals surface area (Å²) in [7, 11) is 0. The number of amides is 1. The fraction of sp³-hybridized carbons (Fsp3) is 0.462. The van der Waals surface area contributed by atoms with Gasteiger partial charge >= 0.3 is 0 Å². The van der Waals surface area contributed by atoms with E-state index in [9.17, 15) is 9.90 Å². The van der Waals surface area contributed by atoms with Gasteiger partial charge in [-0.3, -0.25) is 4.79 Å². The predicted molar refractivity (Wildman–Crippen MR) is 70.0 cm³/mol. The number of benzene rings is 1. The Morgan fingerprint density at radius 3 is 3.00 bits per heavy atom. The number of aryl methyl sites for hydroxylation is 1. The monoisotopic (exact) mass is 297 g/mol. The summed E-state index contributed by atoms with van der Waals surface area (Å²) in [6, 6.07) is 5.70. The second-order valence-corrected chi connectivity index (χ2v) is 5.31. The molecule has 1 N–H and O–H groups in total. The van der Waals surface area contributed by atoms with Crippen molar-refractivity contribution in [3.63, 3.8) is 0 Å². The van der Waals surface area contributed by atoms with Crippen molar-refractivity contribution in [3.8, 4) is 0 Å². The summed E-state index contributed by atoms with van der Waals surface area (Å²) in [5.74, 6) is 0.00780. The van der Waals surface area contributed by atoms with Gasteiger partial charge in [0.15, 0.2) is 0 Å². The standard InChI is InChI=1S/C13H16BrNO2/c1-9-4-5-11(12(14)7-9)13(17)15-6-2-3-10(15)8-16/h4-5,7,10,16H,2-3,6,8H2,1H3. The molecule has 1 fully saturated rings. The van der Waals surface area contributed by atoms with E-state index in [-0.39, 0.29) is 18.6 Å². The summed E-state index contributed by atoms with van der Waals surface area (Å²) < 4.78 is 0.825. The van der Waals surface area contributed by atoms with Crippen LogP contribution < -0.4 is 0 Å².